The second-order valence-electron chi connectivity index (χ2n) is 9.90. The van der Waals surface area contributed by atoms with E-state index in [1.165, 1.54) is 17.0 Å². The molecule has 0 aliphatic heterocycles. The van der Waals surface area contributed by atoms with Crippen molar-refractivity contribution in [1.82, 2.24) is 10.2 Å². The van der Waals surface area contributed by atoms with E-state index < -0.39 is 28.5 Å². The Balaban J connectivity index is 2.01. The minimum absolute atomic E-state index is 0.0235. The van der Waals surface area contributed by atoms with Gasteiger partial charge in [0.2, 0.25) is 11.8 Å². The molecule has 3 aromatic carbocycles. The molecule has 41 heavy (non-hydrogen) atoms. The van der Waals surface area contributed by atoms with Crippen LogP contribution >= 0.6 is 15.9 Å². The number of anilines is 1. The van der Waals surface area contributed by atoms with E-state index in [1.54, 1.807) is 43.3 Å². The van der Waals surface area contributed by atoms with E-state index in [4.69, 9.17) is 4.74 Å². The lowest BCUT2D eigenvalue weighted by Gasteiger charge is -2.32. The first-order valence-electron chi connectivity index (χ1n) is 13.6. The third-order valence-electron chi connectivity index (χ3n) is 6.73. The van der Waals surface area contributed by atoms with Gasteiger partial charge < -0.3 is 15.0 Å². The molecule has 0 spiro atoms. The zero-order valence-corrected chi connectivity index (χ0v) is 26.5. The summed E-state index contributed by atoms with van der Waals surface area (Å²) in [6, 6.07) is 19.6. The van der Waals surface area contributed by atoms with Gasteiger partial charge in [0.25, 0.3) is 10.0 Å². The highest BCUT2D eigenvalue weighted by atomic mass is 79.9. The van der Waals surface area contributed by atoms with Crippen LogP contribution in [0.1, 0.15) is 45.2 Å². The quantitative estimate of drug-likeness (QED) is 0.258. The van der Waals surface area contributed by atoms with Gasteiger partial charge in [-0.3, -0.25) is 13.9 Å². The Kier molecular flexibility index (Phi) is 11.4. The summed E-state index contributed by atoms with van der Waals surface area (Å²) in [6.45, 7) is 9.35. The van der Waals surface area contributed by atoms with Gasteiger partial charge in [0, 0.05) is 17.1 Å². The van der Waals surface area contributed by atoms with E-state index in [0.29, 0.717) is 18.0 Å². The Morgan fingerprint density at radius 1 is 0.976 bits per heavy atom. The molecule has 3 rings (SSSR count). The van der Waals surface area contributed by atoms with Crippen molar-refractivity contribution in [3.63, 3.8) is 0 Å². The van der Waals surface area contributed by atoms with Crippen LogP contribution in [0, 0.1) is 6.92 Å². The fourth-order valence-electron chi connectivity index (χ4n) is 4.12. The van der Waals surface area contributed by atoms with Gasteiger partial charge in [-0.1, -0.05) is 52.7 Å². The molecule has 0 fully saturated rings. The van der Waals surface area contributed by atoms with Gasteiger partial charge in [-0.15, -0.1) is 0 Å². The number of carbonyl (C=O) groups is 2. The number of ether oxygens (including phenoxy) is 1. The number of halogens is 1. The van der Waals surface area contributed by atoms with E-state index >= 15 is 0 Å². The Labute approximate surface area is 251 Å². The van der Waals surface area contributed by atoms with Gasteiger partial charge in [-0.2, -0.15) is 0 Å². The molecule has 2 amide bonds. The molecule has 0 aliphatic carbocycles. The third kappa shape index (κ3) is 8.56. The zero-order chi connectivity index (χ0) is 30.2. The molecule has 0 radical (unpaired) electrons. The zero-order valence-electron chi connectivity index (χ0n) is 24.1. The Morgan fingerprint density at radius 3 is 2.22 bits per heavy atom. The number of carbonyl (C=O) groups excluding carboxylic acids is 2. The molecule has 2 atom stereocenters. The average molecular weight is 645 g/mol. The number of nitrogens with one attached hydrogen (secondary N) is 1. The maximum atomic E-state index is 14.0. The van der Waals surface area contributed by atoms with Crippen LogP contribution in [0.2, 0.25) is 0 Å². The van der Waals surface area contributed by atoms with Crippen molar-refractivity contribution in [1.29, 1.82) is 0 Å². The predicted molar refractivity (Wildman–Crippen MR) is 165 cm³/mol. The first-order valence-corrected chi connectivity index (χ1v) is 15.9. The Bertz CT molecular complexity index is 1430. The summed E-state index contributed by atoms with van der Waals surface area (Å²) >= 11 is 3.46. The number of rotatable bonds is 13. The lowest BCUT2D eigenvalue weighted by molar-refractivity contribution is -0.139. The molecule has 0 heterocycles. The van der Waals surface area contributed by atoms with Gasteiger partial charge in [0.1, 0.15) is 18.3 Å². The van der Waals surface area contributed by atoms with Gasteiger partial charge in [0.05, 0.1) is 17.2 Å². The summed E-state index contributed by atoms with van der Waals surface area (Å²) in [5, 5.41) is 2.94. The van der Waals surface area contributed by atoms with Crippen LogP contribution in [0.3, 0.4) is 0 Å². The van der Waals surface area contributed by atoms with Gasteiger partial charge in [-0.25, -0.2) is 8.42 Å². The summed E-state index contributed by atoms with van der Waals surface area (Å²) in [5.74, 6) is -0.267. The maximum absolute atomic E-state index is 14.0. The Hall–Kier alpha value is -3.37. The van der Waals surface area contributed by atoms with E-state index in [2.05, 4.69) is 21.2 Å². The molecule has 0 unspecified atom stereocenters. The summed E-state index contributed by atoms with van der Waals surface area (Å²) in [5.41, 5.74) is 2.09. The second-order valence-corrected chi connectivity index (χ2v) is 12.7. The number of benzene rings is 3. The number of aryl methyl sites for hydroxylation is 1. The molecule has 0 saturated carbocycles. The highest BCUT2D eigenvalue weighted by molar-refractivity contribution is 9.10. The molecule has 0 bridgehead atoms. The van der Waals surface area contributed by atoms with Crippen molar-refractivity contribution in [3.05, 3.63) is 88.4 Å². The summed E-state index contributed by atoms with van der Waals surface area (Å²) in [6.07, 6.45) is 0.736. The van der Waals surface area contributed by atoms with Gasteiger partial charge in [-0.05, 0) is 88.2 Å². The molecule has 0 saturated heterocycles. The molecule has 3 aromatic rings. The van der Waals surface area contributed by atoms with Crippen molar-refractivity contribution in [3.8, 4) is 5.75 Å². The van der Waals surface area contributed by atoms with E-state index in [1.807, 2.05) is 52.0 Å². The highest BCUT2D eigenvalue weighted by Crippen LogP contribution is 2.26. The number of hydrogen-bond acceptors (Lipinski definition) is 5. The van der Waals surface area contributed by atoms with Crippen LogP contribution in [0.5, 0.6) is 5.75 Å². The molecule has 0 aromatic heterocycles. The van der Waals surface area contributed by atoms with Crippen molar-refractivity contribution >= 4 is 43.5 Å². The summed E-state index contributed by atoms with van der Waals surface area (Å²) in [4.78, 5) is 28.6. The number of nitrogens with zero attached hydrogens (tertiary/aromatic N) is 2. The van der Waals surface area contributed by atoms with Crippen LogP contribution in [0.25, 0.3) is 0 Å². The fourth-order valence-corrected chi connectivity index (χ4v) is 5.98. The molecule has 0 aliphatic rings. The van der Waals surface area contributed by atoms with E-state index in [0.717, 1.165) is 26.3 Å². The second kappa shape index (κ2) is 14.5. The van der Waals surface area contributed by atoms with Crippen molar-refractivity contribution in [2.75, 3.05) is 17.5 Å². The van der Waals surface area contributed by atoms with Crippen molar-refractivity contribution < 1.29 is 22.7 Å². The Morgan fingerprint density at radius 2 is 1.63 bits per heavy atom. The third-order valence-corrected chi connectivity index (χ3v) is 9.02. The normalized spacial score (nSPS) is 12.7. The smallest absolute Gasteiger partial charge is 0.264 e. The van der Waals surface area contributed by atoms with Gasteiger partial charge >= 0.3 is 0 Å². The number of amides is 2. The van der Waals surface area contributed by atoms with Gasteiger partial charge in [0.15, 0.2) is 0 Å². The maximum Gasteiger partial charge on any atom is 0.264 e. The van der Waals surface area contributed by atoms with Crippen LogP contribution in [0.15, 0.2) is 82.2 Å². The first-order chi connectivity index (χ1) is 19.5. The average Bonchev–Trinajstić information content (AvgIpc) is 2.95. The fraction of sp³-hybridized carbons (Fsp3) is 0.355. The van der Waals surface area contributed by atoms with Crippen LogP contribution in [-0.4, -0.2) is 50.4 Å². The predicted octanol–water partition coefficient (Wildman–Crippen LogP) is 5.68. The molecular weight excluding hydrogens is 606 g/mol. The summed E-state index contributed by atoms with van der Waals surface area (Å²) < 4.78 is 35.3. The largest absolute Gasteiger partial charge is 0.494 e. The van der Waals surface area contributed by atoms with Crippen LogP contribution in [0.4, 0.5) is 5.69 Å². The highest BCUT2D eigenvalue weighted by Gasteiger charge is 2.32. The van der Waals surface area contributed by atoms with Crippen LogP contribution < -0.4 is 14.4 Å². The van der Waals surface area contributed by atoms with E-state index in [9.17, 15) is 18.0 Å². The number of sulfonamides is 1. The lowest BCUT2D eigenvalue weighted by atomic mass is 10.1. The lowest BCUT2D eigenvalue weighted by Crippen LogP contribution is -2.52. The minimum atomic E-state index is -4.15. The molecule has 1 N–H and O–H groups in total. The molecule has 220 valence electrons. The summed E-state index contributed by atoms with van der Waals surface area (Å²) in [7, 11) is -4.15. The van der Waals surface area contributed by atoms with E-state index in [-0.39, 0.29) is 23.4 Å². The molecule has 10 heteroatoms. The minimum Gasteiger partial charge on any atom is -0.494 e. The van der Waals surface area contributed by atoms with Crippen LogP contribution in [-0.2, 0) is 26.2 Å². The molecule has 8 nitrogen and oxygen atoms in total. The van der Waals surface area contributed by atoms with Crippen molar-refractivity contribution in [2.24, 2.45) is 0 Å². The topological polar surface area (TPSA) is 96.0 Å². The first kappa shape index (κ1) is 32.1. The molecular formula is C31H38BrN3O5S. The monoisotopic (exact) mass is 643 g/mol. The van der Waals surface area contributed by atoms with Crippen molar-refractivity contribution in [2.45, 2.75) is 64.6 Å². The SMILES string of the molecule is CCOc1ccc(S(=O)(=O)N(CC(=O)N(Cc2cccc(Br)c2)[C@H](C)C(=O)N[C@@H](C)CC)c2ccc(C)cc2)cc1. The standard InChI is InChI=1S/C31H38BrN3O5S/c1-6-23(4)33-31(37)24(5)34(20-25-9-8-10-26(32)19-25)30(36)21-35(27-13-11-22(3)12-14-27)41(38,39)29-17-15-28(16-18-29)40-7-2/h8-19,23-24H,6-7,20-21H2,1-5H3,(H,33,37)/t23-,24+/m0/s1. The number of hydrogen-bond donors (Lipinski definition) is 1.